The van der Waals surface area contributed by atoms with Crippen LogP contribution in [0.25, 0.3) is 17.4 Å². The fraction of sp³-hybridized carbons (Fsp3) is 0.0476. The number of nitrogens with zero attached hydrogens (tertiary/aromatic N) is 2. The number of imide groups is 1. The summed E-state index contributed by atoms with van der Waals surface area (Å²) in [6.07, 6.45) is 1.43. The van der Waals surface area contributed by atoms with Gasteiger partial charge in [0.2, 0.25) is 0 Å². The molecule has 30 heavy (non-hydrogen) atoms. The number of thioether (sulfide) groups is 1. The molecule has 0 radical (unpaired) electrons. The Morgan fingerprint density at radius 2 is 1.83 bits per heavy atom. The number of anilines is 1. The molecule has 1 aliphatic rings. The Morgan fingerprint density at radius 1 is 1.10 bits per heavy atom. The number of benzene rings is 2. The molecule has 150 valence electrons. The van der Waals surface area contributed by atoms with E-state index in [0.717, 1.165) is 22.2 Å². The van der Waals surface area contributed by atoms with Crippen LogP contribution >= 0.6 is 11.8 Å². The van der Waals surface area contributed by atoms with Crippen LogP contribution in [0, 0.1) is 17.0 Å². The summed E-state index contributed by atoms with van der Waals surface area (Å²) in [5.41, 5.74) is 1.33. The van der Waals surface area contributed by atoms with Crippen molar-refractivity contribution in [3.05, 3.63) is 80.9 Å². The Bertz CT molecular complexity index is 1210. The first kappa shape index (κ1) is 19.5. The maximum atomic E-state index is 12.7. The van der Waals surface area contributed by atoms with Gasteiger partial charge < -0.3 is 9.52 Å². The van der Waals surface area contributed by atoms with Gasteiger partial charge in [0.1, 0.15) is 17.3 Å². The van der Waals surface area contributed by atoms with Gasteiger partial charge in [0.15, 0.2) is 0 Å². The molecule has 0 bridgehead atoms. The first-order valence-electron chi connectivity index (χ1n) is 8.76. The fourth-order valence-electron chi connectivity index (χ4n) is 3.00. The van der Waals surface area contributed by atoms with Crippen molar-refractivity contribution in [2.24, 2.45) is 0 Å². The standard InChI is InChI=1S/C21H14N2O6S/c1-12-2-8-16(17(10-12)23(27)28)18-9-7-15(29-18)11-19-20(25)22(21(26)30-19)13-3-5-14(24)6-4-13/h2-11,24H,1H3/b19-11+. The van der Waals surface area contributed by atoms with E-state index >= 15 is 0 Å². The summed E-state index contributed by atoms with van der Waals surface area (Å²) in [4.78, 5) is 37.0. The molecular weight excluding hydrogens is 408 g/mol. The summed E-state index contributed by atoms with van der Waals surface area (Å²) < 4.78 is 5.69. The minimum absolute atomic E-state index is 0.0228. The molecule has 2 aromatic carbocycles. The average molecular weight is 422 g/mol. The van der Waals surface area contributed by atoms with Crippen molar-refractivity contribution >= 4 is 40.4 Å². The number of furan rings is 1. The van der Waals surface area contributed by atoms with Gasteiger partial charge in [-0.2, -0.15) is 0 Å². The van der Waals surface area contributed by atoms with E-state index in [2.05, 4.69) is 0 Å². The highest BCUT2D eigenvalue weighted by Crippen LogP contribution is 2.37. The van der Waals surface area contributed by atoms with Crippen LogP contribution in [0.3, 0.4) is 0 Å². The molecule has 0 unspecified atom stereocenters. The van der Waals surface area contributed by atoms with Crippen molar-refractivity contribution in [1.82, 2.24) is 0 Å². The predicted octanol–water partition coefficient (Wildman–Crippen LogP) is 5.11. The molecule has 1 aromatic heterocycles. The van der Waals surface area contributed by atoms with Gasteiger partial charge >= 0.3 is 0 Å². The van der Waals surface area contributed by atoms with Crippen LogP contribution in [0.4, 0.5) is 16.2 Å². The topological polar surface area (TPSA) is 114 Å². The van der Waals surface area contributed by atoms with E-state index in [4.69, 9.17) is 4.42 Å². The number of carbonyl (C=O) groups is 2. The molecule has 2 heterocycles. The highest BCUT2D eigenvalue weighted by atomic mass is 32.2. The number of nitro benzene ring substituents is 1. The van der Waals surface area contributed by atoms with Gasteiger partial charge in [0.05, 0.1) is 21.1 Å². The van der Waals surface area contributed by atoms with Crippen LogP contribution in [0.5, 0.6) is 5.75 Å². The molecule has 8 nitrogen and oxygen atoms in total. The third-order valence-corrected chi connectivity index (χ3v) is 5.29. The lowest BCUT2D eigenvalue weighted by molar-refractivity contribution is -0.384. The number of phenols is 1. The first-order chi connectivity index (χ1) is 14.3. The van der Waals surface area contributed by atoms with Crippen molar-refractivity contribution in [3.63, 3.8) is 0 Å². The second-order valence-electron chi connectivity index (χ2n) is 6.51. The molecule has 2 amide bonds. The smallest absolute Gasteiger partial charge is 0.298 e. The van der Waals surface area contributed by atoms with E-state index in [1.807, 2.05) is 0 Å². The van der Waals surface area contributed by atoms with E-state index < -0.39 is 16.1 Å². The number of hydrogen-bond donors (Lipinski definition) is 1. The molecule has 1 N–H and O–H groups in total. The molecule has 0 saturated carbocycles. The molecule has 1 fully saturated rings. The monoisotopic (exact) mass is 422 g/mol. The van der Waals surface area contributed by atoms with Gasteiger partial charge in [-0.05, 0) is 66.7 Å². The molecule has 1 saturated heterocycles. The normalized spacial score (nSPS) is 15.2. The van der Waals surface area contributed by atoms with Crippen LogP contribution in [0.15, 0.2) is 63.9 Å². The fourth-order valence-corrected chi connectivity index (χ4v) is 3.82. The lowest BCUT2D eigenvalue weighted by Gasteiger charge is -2.11. The Kier molecular flexibility index (Phi) is 4.88. The minimum atomic E-state index is -0.519. The third kappa shape index (κ3) is 3.58. The highest BCUT2D eigenvalue weighted by Gasteiger charge is 2.36. The van der Waals surface area contributed by atoms with E-state index in [1.165, 1.54) is 36.4 Å². The Hall–Kier alpha value is -3.85. The van der Waals surface area contributed by atoms with Gasteiger partial charge in [0.25, 0.3) is 16.8 Å². The maximum absolute atomic E-state index is 12.7. The van der Waals surface area contributed by atoms with Gasteiger partial charge in [-0.25, -0.2) is 4.90 Å². The lowest BCUT2D eigenvalue weighted by atomic mass is 10.1. The Morgan fingerprint density at radius 3 is 2.53 bits per heavy atom. The second kappa shape index (κ2) is 7.53. The van der Waals surface area contributed by atoms with Gasteiger partial charge in [0, 0.05) is 12.1 Å². The molecule has 4 rings (SSSR count). The quantitative estimate of drug-likeness (QED) is 0.353. The maximum Gasteiger partial charge on any atom is 0.298 e. The summed E-state index contributed by atoms with van der Waals surface area (Å²) in [7, 11) is 0. The number of aryl methyl sites for hydroxylation is 1. The number of hydrogen-bond acceptors (Lipinski definition) is 7. The van der Waals surface area contributed by atoms with Crippen LogP contribution in [0.2, 0.25) is 0 Å². The molecule has 0 spiro atoms. The van der Waals surface area contributed by atoms with E-state index in [1.54, 1.807) is 31.2 Å². The zero-order chi connectivity index (χ0) is 21.4. The van der Waals surface area contributed by atoms with Crippen LogP contribution in [-0.4, -0.2) is 21.2 Å². The number of amides is 2. The summed E-state index contributed by atoms with van der Waals surface area (Å²) in [6.45, 7) is 1.76. The molecular formula is C21H14N2O6S. The zero-order valence-corrected chi connectivity index (χ0v) is 16.4. The van der Waals surface area contributed by atoms with Gasteiger partial charge in [-0.3, -0.25) is 19.7 Å². The first-order valence-corrected chi connectivity index (χ1v) is 9.57. The summed E-state index contributed by atoms with van der Waals surface area (Å²) >= 11 is 0.759. The number of aromatic hydroxyl groups is 1. The minimum Gasteiger partial charge on any atom is -0.508 e. The zero-order valence-electron chi connectivity index (χ0n) is 15.6. The SMILES string of the molecule is Cc1ccc(-c2ccc(/C=C3/SC(=O)N(c4ccc(O)cc4)C3=O)o2)c([N+](=O)[O-])c1. The highest BCUT2D eigenvalue weighted by molar-refractivity contribution is 8.19. The number of rotatable bonds is 4. The molecule has 0 atom stereocenters. The predicted molar refractivity (Wildman–Crippen MR) is 112 cm³/mol. The average Bonchev–Trinajstić information content (AvgIpc) is 3.27. The van der Waals surface area contributed by atoms with Crippen molar-refractivity contribution in [2.75, 3.05) is 4.90 Å². The second-order valence-corrected chi connectivity index (χ2v) is 7.51. The van der Waals surface area contributed by atoms with Crippen molar-refractivity contribution in [3.8, 4) is 17.1 Å². The summed E-state index contributed by atoms with van der Waals surface area (Å²) in [5, 5.41) is 20.3. The number of nitro groups is 1. The molecule has 3 aromatic rings. The molecule has 1 aliphatic heterocycles. The third-order valence-electron chi connectivity index (χ3n) is 4.42. The van der Waals surface area contributed by atoms with Crippen molar-refractivity contribution in [1.29, 1.82) is 0 Å². The van der Waals surface area contributed by atoms with Gasteiger partial charge in [-0.15, -0.1) is 0 Å². The Labute approximate surface area is 174 Å². The molecule has 9 heteroatoms. The van der Waals surface area contributed by atoms with Gasteiger partial charge in [-0.1, -0.05) is 6.07 Å². The van der Waals surface area contributed by atoms with Crippen LogP contribution in [0.1, 0.15) is 11.3 Å². The lowest BCUT2D eigenvalue weighted by Crippen LogP contribution is -2.27. The number of carbonyl (C=O) groups excluding carboxylic acids is 2. The van der Waals surface area contributed by atoms with Crippen molar-refractivity contribution in [2.45, 2.75) is 6.92 Å². The number of phenolic OH excluding ortho intramolecular Hbond substituents is 1. The van der Waals surface area contributed by atoms with E-state index in [0.29, 0.717) is 11.3 Å². The van der Waals surface area contributed by atoms with Crippen molar-refractivity contribution < 1.29 is 24.0 Å². The van der Waals surface area contributed by atoms with Crippen LogP contribution in [-0.2, 0) is 4.79 Å². The van der Waals surface area contributed by atoms with E-state index in [9.17, 15) is 24.8 Å². The van der Waals surface area contributed by atoms with Crippen LogP contribution < -0.4 is 4.90 Å². The molecule has 0 aliphatic carbocycles. The summed E-state index contributed by atoms with van der Waals surface area (Å²) in [5.74, 6) is 0.0753. The largest absolute Gasteiger partial charge is 0.508 e. The van der Waals surface area contributed by atoms with E-state index in [-0.39, 0.29) is 27.9 Å². The summed E-state index contributed by atoms with van der Waals surface area (Å²) in [6, 6.07) is 13.7. The Balaban J connectivity index is 1.64.